The highest BCUT2D eigenvalue weighted by Gasteiger charge is 2.11. The van der Waals surface area contributed by atoms with Crippen LogP contribution in [-0.4, -0.2) is 9.97 Å². The molecule has 0 atom stereocenters. The molecule has 0 aliphatic carbocycles. The molecule has 102 valence electrons. The molecule has 3 rings (SSSR count). The molecule has 2 heterocycles. The van der Waals surface area contributed by atoms with E-state index in [1.54, 1.807) is 11.3 Å². The third-order valence-electron chi connectivity index (χ3n) is 2.93. The number of benzene rings is 1. The van der Waals surface area contributed by atoms with Crippen LogP contribution >= 0.6 is 34.5 Å². The Morgan fingerprint density at radius 1 is 1.10 bits per heavy atom. The summed E-state index contributed by atoms with van der Waals surface area (Å²) in [6.07, 6.45) is 0. The van der Waals surface area contributed by atoms with Gasteiger partial charge in [0.05, 0.1) is 5.39 Å². The Hall–Kier alpha value is -1.36. The largest absolute Gasteiger partial charge is 0.339 e. The lowest BCUT2D eigenvalue weighted by atomic mass is 10.2. The fourth-order valence-corrected chi connectivity index (χ4v) is 3.33. The minimum atomic E-state index is 0.244. The molecule has 0 bridgehead atoms. The van der Waals surface area contributed by atoms with Gasteiger partial charge in [0.1, 0.15) is 10.6 Å². The average molecular weight is 324 g/mol. The maximum atomic E-state index is 5.99. The quantitative estimate of drug-likeness (QED) is 0.645. The Morgan fingerprint density at radius 3 is 2.65 bits per heavy atom. The molecular weight excluding hydrogens is 313 g/mol. The van der Waals surface area contributed by atoms with Crippen LogP contribution in [0.25, 0.3) is 10.2 Å². The van der Waals surface area contributed by atoms with Gasteiger partial charge in [0.25, 0.3) is 0 Å². The first-order valence-electron chi connectivity index (χ1n) is 6.00. The van der Waals surface area contributed by atoms with Gasteiger partial charge in [-0.25, -0.2) is 4.98 Å². The van der Waals surface area contributed by atoms with Crippen molar-refractivity contribution in [3.8, 4) is 0 Å². The van der Waals surface area contributed by atoms with E-state index >= 15 is 0 Å². The molecule has 0 fully saturated rings. The van der Waals surface area contributed by atoms with Crippen LogP contribution in [0.3, 0.4) is 0 Å². The summed E-state index contributed by atoms with van der Waals surface area (Å²) in [5, 5.41) is 5.24. The van der Waals surface area contributed by atoms with Crippen molar-refractivity contribution in [3.05, 3.63) is 45.0 Å². The first-order valence-corrected chi connectivity index (χ1v) is 7.57. The molecule has 1 N–H and O–H groups in total. The molecule has 1 aromatic carbocycles. The predicted molar refractivity (Wildman–Crippen MR) is 86.6 cm³/mol. The number of aryl methyl sites for hydroxylation is 2. The zero-order valence-corrected chi connectivity index (χ0v) is 13.2. The molecule has 0 unspecified atom stereocenters. The van der Waals surface area contributed by atoms with Crippen LogP contribution in [0.4, 0.5) is 11.5 Å². The van der Waals surface area contributed by atoms with Crippen molar-refractivity contribution in [2.75, 3.05) is 5.32 Å². The van der Waals surface area contributed by atoms with Gasteiger partial charge in [0, 0.05) is 15.6 Å². The van der Waals surface area contributed by atoms with Gasteiger partial charge in [-0.3, -0.25) is 0 Å². The summed E-state index contributed by atoms with van der Waals surface area (Å²) >= 11 is 13.6. The highest BCUT2D eigenvalue weighted by atomic mass is 35.5. The van der Waals surface area contributed by atoms with Gasteiger partial charge in [-0.1, -0.05) is 11.6 Å². The van der Waals surface area contributed by atoms with Crippen molar-refractivity contribution >= 4 is 56.3 Å². The van der Waals surface area contributed by atoms with Crippen molar-refractivity contribution in [3.63, 3.8) is 0 Å². The topological polar surface area (TPSA) is 37.8 Å². The molecule has 0 amide bonds. The van der Waals surface area contributed by atoms with Gasteiger partial charge >= 0.3 is 0 Å². The van der Waals surface area contributed by atoms with E-state index in [0.717, 1.165) is 27.3 Å². The summed E-state index contributed by atoms with van der Waals surface area (Å²) < 4.78 is 0. The molecule has 0 radical (unpaired) electrons. The maximum Gasteiger partial charge on any atom is 0.225 e. The number of hydrogen-bond donors (Lipinski definition) is 1. The van der Waals surface area contributed by atoms with Crippen LogP contribution in [0.1, 0.15) is 10.4 Å². The number of thiophene rings is 1. The molecule has 6 heteroatoms. The first kappa shape index (κ1) is 13.6. The monoisotopic (exact) mass is 323 g/mol. The van der Waals surface area contributed by atoms with Gasteiger partial charge in [-0.15, -0.1) is 11.3 Å². The zero-order valence-electron chi connectivity index (χ0n) is 10.9. The molecule has 0 aliphatic heterocycles. The molecular formula is C14H11Cl2N3S. The average Bonchev–Trinajstić information content (AvgIpc) is 2.73. The van der Waals surface area contributed by atoms with Gasteiger partial charge in [0.15, 0.2) is 0 Å². The van der Waals surface area contributed by atoms with Crippen LogP contribution in [0.15, 0.2) is 24.3 Å². The van der Waals surface area contributed by atoms with Crippen molar-refractivity contribution in [2.24, 2.45) is 0 Å². The minimum Gasteiger partial charge on any atom is -0.339 e. The van der Waals surface area contributed by atoms with Gasteiger partial charge < -0.3 is 5.32 Å². The van der Waals surface area contributed by atoms with E-state index in [-0.39, 0.29) is 5.28 Å². The number of rotatable bonds is 2. The molecule has 2 aromatic heterocycles. The summed E-state index contributed by atoms with van der Waals surface area (Å²) in [7, 11) is 0. The normalized spacial score (nSPS) is 11.0. The van der Waals surface area contributed by atoms with E-state index in [1.165, 1.54) is 4.88 Å². The van der Waals surface area contributed by atoms with E-state index in [0.29, 0.717) is 5.02 Å². The lowest BCUT2D eigenvalue weighted by molar-refractivity contribution is 1.23. The number of fused-ring (bicyclic) bond motifs is 1. The second-order valence-electron chi connectivity index (χ2n) is 4.50. The lowest BCUT2D eigenvalue weighted by Crippen LogP contribution is -1.97. The van der Waals surface area contributed by atoms with Crippen molar-refractivity contribution in [1.29, 1.82) is 0 Å². The fourth-order valence-electron chi connectivity index (χ4n) is 2.01. The highest BCUT2D eigenvalue weighted by molar-refractivity contribution is 7.18. The second kappa shape index (κ2) is 5.20. The zero-order chi connectivity index (χ0) is 14.3. The van der Waals surface area contributed by atoms with Crippen LogP contribution in [0, 0.1) is 13.8 Å². The Morgan fingerprint density at radius 2 is 1.90 bits per heavy atom. The number of hydrogen-bond acceptors (Lipinski definition) is 4. The summed E-state index contributed by atoms with van der Waals surface area (Å²) in [4.78, 5) is 10.6. The molecule has 3 aromatic rings. The third kappa shape index (κ3) is 2.59. The van der Waals surface area contributed by atoms with Crippen LogP contribution in [0.5, 0.6) is 0 Å². The molecule has 20 heavy (non-hydrogen) atoms. The van der Waals surface area contributed by atoms with Crippen LogP contribution < -0.4 is 5.32 Å². The van der Waals surface area contributed by atoms with E-state index in [9.17, 15) is 0 Å². The predicted octanol–water partition coefficient (Wildman–Crippen LogP) is 5.36. The van der Waals surface area contributed by atoms with Crippen LogP contribution in [0.2, 0.25) is 10.3 Å². The molecule has 0 saturated carbocycles. The Bertz CT molecular complexity index is 798. The SMILES string of the molecule is Cc1cc2c(Nc3ccc(Cl)cc3C)nc(Cl)nc2s1. The maximum absolute atomic E-state index is 5.99. The smallest absolute Gasteiger partial charge is 0.225 e. The lowest BCUT2D eigenvalue weighted by Gasteiger charge is -2.10. The number of halogens is 2. The summed E-state index contributed by atoms with van der Waals surface area (Å²) in [6, 6.07) is 7.74. The van der Waals surface area contributed by atoms with E-state index < -0.39 is 0 Å². The first-order chi connectivity index (χ1) is 9.52. The summed E-state index contributed by atoms with van der Waals surface area (Å²) in [6.45, 7) is 4.03. The number of nitrogens with zero attached hydrogens (tertiary/aromatic N) is 2. The highest BCUT2D eigenvalue weighted by Crippen LogP contribution is 2.32. The Labute approximate surface area is 130 Å². The van der Waals surface area contributed by atoms with Crippen molar-refractivity contribution in [1.82, 2.24) is 9.97 Å². The van der Waals surface area contributed by atoms with E-state index in [4.69, 9.17) is 23.2 Å². The number of anilines is 2. The number of nitrogens with one attached hydrogen (secondary N) is 1. The molecule has 3 nitrogen and oxygen atoms in total. The van der Waals surface area contributed by atoms with Gasteiger partial charge in [0.2, 0.25) is 5.28 Å². The van der Waals surface area contributed by atoms with Gasteiger partial charge in [-0.05, 0) is 55.3 Å². The summed E-state index contributed by atoms with van der Waals surface area (Å²) in [5.74, 6) is 0.717. The minimum absolute atomic E-state index is 0.244. The van der Waals surface area contributed by atoms with Crippen LogP contribution in [-0.2, 0) is 0 Å². The Kier molecular flexibility index (Phi) is 3.54. The fraction of sp³-hybridized carbons (Fsp3) is 0.143. The van der Waals surface area contributed by atoms with E-state index in [2.05, 4.69) is 21.4 Å². The standard InChI is InChI=1S/C14H11Cl2N3S/c1-7-5-9(15)3-4-11(7)17-12-10-6-8(2)20-13(10)19-14(16)18-12/h3-6H,1-2H3,(H,17,18,19). The van der Waals surface area contributed by atoms with Crippen molar-refractivity contribution in [2.45, 2.75) is 13.8 Å². The molecule has 0 saturated heterocycles. The molecule has 0 aliphatic rings. The van der Waals surface area contributed by atoms with Crippen molar-refractivity contribution < 1.29 is 0 Å². The summed E-state index contributed by atoms with van der Waals surface area (Å²) in [5.41, 5.74) is 2.00. The molecule has 0 spiro atoms. The Balaban J connectivity index is 2.10. The third-order valence-corrected chi connectivity index (χ3v) is 4.28. The van der Waals surface area contributed by atoms with Gasteiger partial charge in [-0.2, -0.15) is 4.98 Å². The number of aromatic nitrogens is 2. The second-order valence-corrected chi connectivity index (χ2v) is 6.51. The van der Waals surface area contributed by atoms with E-state index in [1.807, 2.05) is 32.0 Å².